The van der Waals surface area contributed by atoms with E-state index in [1.165, 1.54) is 17.2 Å². The van der Waals surface area contributed by atoms with Gasteiger partial charge in [-0.05, 0) is 61.7 Å². The first-order chi connectivity index (χ1) is 20.4. The number of methoxy groups -OCH3 is 1. The van der Waals surface area contributed by atoms with Gasteiger partial charge in [0.1, 0.15) is 11.3 Å². The Morgan fingerprint density at radius 1 is 1.00 bits per heavy atom. The zero-order chi connectivity index (χ0) is 29.9. The summed E-state index contributed by atoms with van der Waals surface area (Å²) in [5.74, 6) is 0.726. The van der Waals surface area contributed by atoms with Gasteiger partial charge in [0, 0.05) is 6.54 Å². The molecule has 0 aliphatic rings. The summed E-state index contributed by atoms with van der Waals surface area (Å²) < 4.78 is 17.8. The van der Waals surface area contributed by atoms with Crippen molar-refractivity contribution in [2.24, 2.45) is 0 Å². The van der Waals surface area contributed by atoms with Crippen molar-refractivity contribution in [3.05, 3.63) is 75.7 Å². The fourth-order valence-electron chi connectivity index (χ4n) is 4.56. The van der Waals surface area contributed by atoms with E-state index in [2.05, 4.69) is 46.0 Å². The molecule has 0 amide bonds. The summed E-state index contributed by atoms with van der Waals surface area (Å²) in [6.45, 7) is 5.23. The van der Waals surface area contributed by atoms with Crippen LogP contribution in [0.2, 0.25) is 0 Å². The number of H-pyrrole nitrogens is 1. The van der Waals surface area contributed by atoms with Crippen LogP contribution in [0.5, 0.6) is 11.8 Å². The van der Waals surface area contributed by atoms with E-state index in [1.807, 2.05) is 36.4 Å². The highest BCUT2D eigenvalue weighted by Gasteiger charge is 2.15. The highest BCUT2D eigenvalue weighted by Crippen LogP contribution is 2.20. The number of nitrogens with one attached hydrogen (secondary N) is 1. The summed E-state index contributed by atoms with van der Waals surface area (Å²) in [7, 11) is 3.49. The topological polar surface area (TPSA) is 138 Å². The molecule has 3 N–H and O–H groups in total. The van der Waals surface area contributed by atoms with Crippen LogP contribution in [0, 0.1) is 0 Å². The van der Waals surface area contributed by atoms with Crippen molar-refractivity contribution in [2.45, 2.75) is 52.1 Å². The van der Waals surface area contributed by atoms with Gasteiger partial charge in [-0.3, -0.25) is 9.36 Å². The van der Waals surface area contributed by atoms with Gasteiger partial charge in [-0.15, -0.1) is 0 Å². The lowest BCUT2D eigenvalue weighted by Gasteiger charge is -2.17. The Morgan fingerprint density at radius 3 is 2.52 bits per heavy atom. The average molecular weight is 577 g/mol. The fourth-order valence-corrected chi connectivity index (χ4v) is 4.56. The van der Waals surface area contributed by atoms with Crippen LogP contribution in [0.1, 0.15) is 49.3 Å². The number of aromatic nitrogens is 4. The maximum absolute atomic E-state index is 12.6. The van der Waals surface area contributed by atoms with Crippen molar-refractivity contribution in [2.75, 3.05) is 39.6 Å². The summed E-state index contributed by atoms with van der Waals surface area (Å²) in [5.41, 5.74) is 9.61. The maximum atomic E-state index is 12.6. The van der Waals surface area contributed by atoms with Gasteiger partial charge in [-0.2, -0.15) is 9.97 Å². The molecule has 0 aliphatic carbocycles. The number of anilines is 1. The van der Waals surface area contributed by atoms with E-state index in [4.69, 9.17) is 19.9 Å². The number of fused-ring (bicyclic) bond motifs is 1. The number of unbranched alkanes of at least 4 members (excludes halogenated alkanes) is 2. The van der Waals surface area contributed by atoms with Crippen molar-refractivity contribution < 1.29 is 19.0 Å². The zero-order valence-electron chi connectivity index (χ0n) is 24.6. The Balaban J connectivity index is 1.23. The molecule has 0 bridgehead atoms. The van der Waals surface area contributed by atoms with Crippen LogP contribution < -0.4 is 20.9 Å². The van der Waals surface area contributed by atoms with Crippen LogP contribution in [0.4, 0.5) is 5.82 Å². The van der Waals surface area contributed by atoms with E-state index in [-0.39, 0.29) is 29.9 Å². The number of ether oxygens (including phenoxy) is 3. The number of nitrogens with two attached hydrogens (primary N) is 1. The normalized spacial score (nSPS) is 11.2. The van der Waals surface area contributed by atoms with Crippen LogP contribution >= 0.6 is 0 Å². The third kappa shape index (κ3) is 8.56. The van der Waals surface area contributed by atoms with E-state index in [0.29, 0.717) is 30.9 Å². The van der Waals surface area contributed by atoms with Crippen LogP contribution in [-0.4, -0.2) is 64.3 Å². The minimum Gasteiger partial charge on any atom is -0.494 e. The van der Waals surface area contributed by atoms with Crippen LogP contribution in [-0.2, 0) is 29.0 Å². The van der Waals surface area contributed by atoms with Gasteiger partial charge in [0.05, 0.1) is 33.3 Å². The van der Waals surface area contributed by atoms with E-state index < -0.39 is 0 Å². The fraction of sp³-hybridized carbons (Fsp3) is 0.419. The molecule has 0 radical (unpaired) electrons. The molecule has 11 heteroatoms. The molecule has 2 aromatic heterocycles. The predicted molar refractivity (Wildman–Crippen MR) is 162 cm³/mol. The number of benzene rings is 2. The van der Waals surface area contributed by atoms with E-state index >= 15 is 0 Å². The molecular formula is C31H40N6O5. The number of nitrogen functional groups attached to an aromatic ring is 1. The first-order valence-corrected chi connectivity index (χ1v) is 14.3. The minimum atomic E-state index is -0.309. The summed E-state index contributed by atoms with van der Waals surface area (Å²) in [4.78, 5) is 37.8. The first kappa shape index (κ1) is 30.6. The molecule has 224 valence electrons. The van der Waals surface area contributed by atoms with Gasteiger partial charge in [0.15, 0.2) is 11.5 Å². The maximum Gasteiger partial charge on any atom is 0.328 e. The summed E-state index contributed by atoms with van der Waals surface area (Å²) in [6.07, 6.45) is 4.06. The monoisotopic (exact) mass is 576 g/mol. The largest absolute Gasteiger partial charge is 0.494 e. The number of hydrogen-bond acceptors (Lipinski definition) is 9. The molecule has 2 heterocycles. The van der Waals surface area contributed by atoms with Crippen molar-refractivity contribution in [3.63, 3.8) is 0 Å². The quantitative estimate of drug-likeness (QED) is 0.150. The lowest BCUT2D eigenvalue weighted by Crippen LogP contribution is -2.19. The molecule has 0 aliphatic heterocycles. The predicted octanol–water partition coefficient (Wildman–Crippen LogP) is 3.94. The Hall–Kier alpha value is -4.38. The third-order valence-corrected chi connectivity index (χ3v) is 6.85. The second kappa shape index (κ2) is 15.0. The SMILES string of the molecule is CCCCOc1nc(N)c2[nH]c(=O)n(Cc3ccc(OCCCCN(C)Cc4cccc(CC(=O)OC)c4)cc3)c2n1. The molecule has 0 unspecified atom stereocenters. The van der Waals surface area contributed by atoms with E-state index in [0.717, 1.165) is 55.6 Å². The zero-order valence-corrected chi connectivity index (χ0v) is 24.6. The van der Waals surface area contributed by atoms with E-state index in [1.54, 1.807) is 0 Å². The van der Waals surface area contributed by atoms with Gasteiger partial charge < -0.3 is 29.8 Å². The second-order valence-electron chi connectivity index (χ2n) is 10.3. The standard InChI is InChI=1S/C31H40N6O5/c1-4-5-16-42-30-34-28(32)27-29(35-30)37(31(39)33-27)21-22-11-13-25(14-12-22)41-17-7-6-15-36(2)20-24-10-8-9-23(18-24)19-26(38)40-3/h8-14,18H,4-7,15-17,19-21H2,1-3H3,(H,33,39)(H2,32,34,35). The molecule has 0 saturated carbocycles. The van der Waals surface area contributed by atoms with Crippen LogP contribution in [0.3, 0.4) is 0 Å². The highest BCUT2D eigenvalue weighted by atomic mass is 16.5. The molecule has 4 rings (SSSR count). The number of carbonyl (C=O) groups is 1. The van der Waals surface area contributed by atoms with Gasteiger partial charge in [-0.25, -0.2) is 4.79 Å². The number of rotatable bonds is 16. The average Bonchev–Trinajstić information content (AvgIpc) is 3.29. The second-order valence-corrected chi connectivity index (χ2v) is 10.3. The summed E-state index contributed by atoms with van der Waals surface area (Å²) in [5, 5.41) is 0. The molecule has 2 aromatic carbocycles. The van der Waals surface area contributed by atoms with Crippen LogP contribution in [0.25, 0.3) is 11.2 Å². The Bertz CT molecular complexity index is 1510. The Kier molecular flexibility index (Phi) is 10.9. The summed E-state index contributed by atoms with van der Waals surface area (Å²) >= 11 is 0. The molecule has 0 atom stereocenters. The number of esters is 1. The van der Waals surface area contributed by atoms with Crippen LogP contribution in [0.15, 0.2) is 53.3 Å². The molecule has 4 aromatic rings. The lowest BCUT2D eigenvalue weighted by atomic mass is 10.1. The minimum absolute atomic E-state index is 0.168. The van der Waals surface area contributed by atoms with Crippen molar-refractivity contribution in [1.82, 2.24) is 24.4 Å². The molecule has 0 saturated heterocycles. The van der Waals surface area contributed by atoms with Crippen molar-refractivity contribution in [1.29, 1.82) is 0 Å². The number of imidazole rings is 1. The first-order valence-electron chi connectivity index (χ1n) is 14.3. The van der Waals surface area contributed by atoms with Gasteiger partial charge in [0.2, 0.25) is 0 Å². The molecule has 0 spiro atoms. The molecule has 11 nitrogen and oxygen atoms in total. The number of hydrogen-bond donors (Lipinski definition) is 2. The number of nitrogens with zero attached hydrogens (tertiary/aromatic N) is 4. The van der Waals surface area contributed by atoms with Gasteiger partial charge in [0.25, 0.3) is 0 Å². The van der Waals surface area contributed by atoms with Crippen molar-refractivity contribution >= 4 is 23.0 Å². The Labute approximate surface area is 245 Å². The van der Waals surface area contributed by atoms with Gasteiger partial charge >= 0.3 is 17.7 Å². The van der Waals surface area contributed by atoms with Gasteiger partial charge in [-0.1, -0.05) is 49.7 Å². The third-order valence-electron chi connectivity index (χ3n) is 6.85. The van der Waals surface area contributed by atoms with Crippen molar-refractivity contribution in [3.8, 4) is 11.8 Å². The molecule has 42 heavy (non-hydrogen) atoms. The van der Waals surface area contributed by atoms with E-state index in [9.17, 15) is 9.59 Å². The number of carbonyl (C=O) groups excluding carboxylic acids is 1. The Morgan fingerprint density at radius 2 is 1.76 bits per heavy atom. The number of aromatic amines is 1. The molecule has 0 fully saturated rings. The molecular weight excluding hydrogens is 536 g/mol. The lowest BCUT2D eigenvalue weighted by molar-refractivity contribution is -0.139. The summed E-state index contributed by atoms with van der Waals surface area (Å²) in [6, 6.07) is 15.9. The smallest absolute Gasteiger partial charge is 0.328 e. The highest BCUT2D eigenvalue weighted by molar-refractivity contribution is 5.82.